The van der Waals surface area contributed by atoms with Gasteiger partial charge in [-0.25, -0.2) is 9.97 Å². The van der Waals surface area contributed by atoms with Gasteiger partial charge in [-0.2, -0.15) is 0 Å². The van der Waals surface area contributed by atoms with E-state index in [1.807, 2.05) is 0 Å². The maximum atomic E-state index is 12.0. The Morgan fingerprint density at radius 1 is 0.632 bits per heavy atom. The predicted molar refractivity (Wildman–Crippen MR) is 197 cm³/mol. The first-order valence-electron chi connectivity index (χ1n) is 16.8. The van der Waals surface area contributed by atoms with Gasteiger partial charge >= 0.3 is 2.85 Å². The summed E-state index contributed by atoms with van der Waals surface area (Å²) in [6.07, 6.45) is 3.17. The molecule has 3 N–H and O–H groups in total. The van der Waals surface area contributed by atoms with Crippen LogP contribution in [0, 0.1) is 13.8 Å². The maximum absolute atomic E-state index is 12.0. The van der Waals surface area contributed by atoms with Crippen LogP contribution in [0.2, 0.25) is 0 Å². The molecule has 6 aromatic rings. The van der Waals surface area contributed by atoms with Crippen LogP contribution < -0.4 is 20.4 Å². The van der Waals surface area contributed by atoms with Crippen LogP contribution in [0.3, 0.4) is 0 Å². The molecule has 0 saturated carbocycles. The molecule has 0 atom stereocenters. The third-order valence-corrected chi connectivity index (χ3v) is 7.73. The molecule has 18 nitrogen and oxygen atoms in total. The van der Waals surface area contributed by atoms with E-state index in [4.69, 9.17) is 15.3 Å². The van der Waals surface area contributed by atoms with Crippen molar-refractivity contribution in [2.75, 3.05) is 39.5 Å². The van der Waals surface area contributed by atoms with Gasteiger partial charge in [0.05, 0.1) is 42.8 Å². The molecule has 0 spiro atoms. The smallest absolute Gasteiger partial charge is 0.872 e. The molecule has 57 heavy (non-hydrogen) atoms. The number of aryl methyl sites for hydroxylation is 2. The Balaban J connectivity index is 0.000000464. The molecule has 0 radical (unpaired) electrons. The molecule has 0 fully saturated rings. The average molecular weight is 822 g/mol. The number of benzene rings is 2. The molecule has 0 saturated heterocycles. The SMILES string of the molecule is Cc1nc2c(N=Nc3ccccn3)ccc([O-])c2cc1C(=O)[O-].Cc1nc2c(N=Nc3ccccn3)ccc([O-])c2cc1C(=O)[O-].OCCN(CCO)CCO.[H+].[H+].[Ni]. The third kappa shape index (κ3) is 12.6. The van der Waals surface area contributed by atoms with Gasteiger partial charge in [0.25, 0.3) is 0 Å². The average Bonchev–Trinajstić information content (AvgIpc) is 3.18. The standard InChI is InChI=1S/2C16H12N4O3.C6H15NO3.Ni/c2*1-9-10(16(22)23)8-11-13(21)6-5-12(15(11)18-9)19-20-14-4-2-3-7-17-14;8-4-1-7(2-5-9)3-6-10;/h2*2-8,21H,1H3,(H,22,23);8-10H,1-6H2;/p-2. The summed E-state index contributed by atoms with van der Waals surface area (Å²) in [6, 6.07) is 18.5. The Labute approximate surface area is 338 Å². The van der Waals surface area contributed by atoms with Crippen molar-refractivity contribution < 1.29 is 64.7 Å². The number of pyridine rings is 4. The van der Waals surface area contributed by atoms with Crippen LogP contribution in [0.1, 0.15) is 35.0 Å². The number of hydrogen-bond acceptors (Lipinski definition) is 18. The number of hydrogen-bond donors (Lipinski definition) is 3. The van der Waals surface area contributed by atoms with Gasteiger partial charge < -0.3 is 45.3 Å². The quantitative estimate of drug-likeness (QED) is 0.118. The van der Waals surface area contributed by atoms with Crippen molar-refractivity contribution in [1.29, 1.82) is 0 Å². The Hall–Kier alpha value is -6.37. The fraction of sp³-hybridized carbons (Fsp3) is 0.211. The Morgan fingerprint density at radius 3 is 1.33 bits per heavy atom. The van der Waals surface area contributed by atoms with E-state index in [0.717, 1.165) is 0 Å². The fourth-order valence-electron chi connectivity index (χ4n) is 4.99. The minimum atomic E-state index is -1.38. The van der Waals surface area contributed by atoms with Crippen molar-refractivity contribution in [3.05, 3.63) is 108 Å². The molecule has 0 aliphatic rings. The molecule has 6 rings (SSSR count). The third-order valence-electron chi connectivity index (χ3n) is 7.73. The Bertz CT molecular complexity index is 2180. The monoisotopic (exact) mass is 821 g/mol. The number of fused-ring (bicyclic) bond motifs is 2. The second kappa shape index (κ2) is 22.3. The van der Waals surface area contributed by atoms with Crippen molar-refractivity contribution in [3.63, 3.8) is 0 Å². The van der Waals surface area contributed by atoms with Gasteiger partial charge in [0, 0.05) is 71.0 Å². The first-order chi connectivity index (χ1) is 27.0. The molecule has 0 bridgehead atoms. The van der Waals surface area contributed by atoms with E-state index >= 15 is 0 Å². The summed E-state index contributed by atoms with van der Waals surface area (Å²) in [5.74, 6) is -2.61. The number of carbonyl (C=O) groups is 2. The molecule has 0 unspecified atom stereocenters. The van der Waals surface area contributed by atoms with E-state index in [9.17, 15) is 30.0 Å². The molecule has 2 aromatic carbocycles. The van der Waals surface area contributed by atoms with Crippen LogP contribution in [-0.4, -0.2) is 91.5 Å². The number of nitrogens with zero attached hydrogens (tertiary/aromatic N) is 9. The van der Waals surface area contributed by atoms with E-state index in [1.165, 1.54) is 50.2 Å². The Kier molecular flexibility index (Phi) is 17.6. The minimum absolute atomic E-state index is 0. The first-order valence-corrected chi connectivity index (χ1v) is 16.8. The molecule has 300 valence electrons. The number of carboxylic acid groups (broad SMARTS) is 2. The van der Waals surface area contributed by atoms with E-state index in [0.29, 0.717) is 53.7 Å². The number of carboxylic acids is 2. The van der Waals surface area contributed by atoms with Crippen LogP contribution >= 0.6 is 0 Å². The number of aliphatic hydroxyl groups excluding tert-OH is 3. The van der Waals surface area contributed by atoms with Crippen molar-refractivity contribution in [1.82, 2.24) is 24.8 Å². The molecule has 0 aliphatic heterocycles. The van der Waals surface area contributed by atoms with Crippen LogP contribution in [0.5, 0.6) is 11.5 Å². The topological polar surface area (TPSA) is 291 Å². The van der Waals surface area contributed by atoms with Gasteiger partial charge in [-0.1, -0.05) is 35.8 Å². The number of azo groups is 2. The van der Waals surface area contributed by atoms with Gasteiger partial charge in [-0.05, 0) is 73.2 Å². The van der Waals surface area contributed by atoms with Gasteiger partial charge in [0.15, 0.2) is 11.6 Å². The summed E-state index contributed by atoms with van der Waals surface area (Å²) in [5, 5.41) is 87.9. The number of aliphatic hydroxyl groups is 3. The number of aromatic carboxylic acids is 2. The van der Waals surface area contributed by atoms with Crippen molar-refractivity contribution >= 4 is 56.8 Å². The zero-order valence-corrected chi connectivity index (χ0v) is 31.4. The van der Waals surface area contributed by atoms with E-state index in [1.54, 1.807) is 53.7 Å². The zero-order valence-electron chi connectivity index (χ0n) is 32.5. The largest absolute Gasteiger partial charge is 1.00 e. The second-order valence-electron chi connectivity index (χ2n) is 11.6. The van der Waals surface area contributed by atoms with E-state index < -0.39 is 11.9 Å². The summed E-state index contributed by atoms with van der Waals surface area (Å²) in [7, 11) is 0. The van der Waals surface area contributed by atoms with Gasteiger partial charge in [-0.15, -0.1) is 20.5 Å². The van der Waals surface area contributed by atoms with Gasteiger partial charge in [-0.3, -0.25) is 14.9 Å². The van der Waals surface area contributed by atoms with Crippen molar-refractivity contribution in [2.45, 2.75) is 13.8 Å². The van der Waals surface area contributed by atoms with Crippen molar-refractivity contribution in [2.24, 2.45) is 20.5 Å². The molecule has 0 aliphatic carbocycles. The van der Waals surface area contributed by atoms with Crippen LogP contribution in [0.25, 0.3) is 21.8 Å². The van der Waals surface area contributed by atoms with E-state index in [-0.39, 0.29) is 84.0 Å². The normalized spacial score (nSPS) is 10.9. The second-order valence-corrected chi connectivity index (χ2v) is 11.6. The summed E-state index contributed by atoms with van der Waals surface area (Å²) in [5.41, 5.74) is 1.56. The van der Waals surface area contributed by atoms with Crippen LogP contribution in [0.4, 0.5) is 23.0 Å². The molecular formula is C38H37N9NiO9-2. The number of rotatable bonds is 12. The number of aromatic nitrogens is 4. The zero-order chi connectivity index (χ0) is 40.6. The fourth-order valence-corrected chi connectivity index (χ4v) is 4.99. The molecule has 0 amide bonds. The van der Waals surface area contributed by atoms with Gasteiger partial charge in [0.2, 0.25) is 0 Å². The summed E-state index contributed by atoms with van der Waals surface area (Å²) in [6.45, 7) is 4.81. The molecule has 19 heteroatoms. The van der Waals surface area contributed by atoms with E-state index in [2.05, 4.69) is 40.4 Å². The summed E-state index contributed by atoms with van der Waals surface area (Å²) in [4.78, 5) is 40.3. The summed E-state index contributed by atoms with van der Waals surface area (Å²) < 4.78 is 0. The van der Waals surface area contributed by atoms with Crippen molar-refractivity contribution in [3.8, 4) is 11.5 Å². The minimum Gasteiger partial charge on any atom is -0.872 e. The Morgan fingerprint density at radius 2 is 1.02 bits per heavy atom. The molecule has 4 heterocycles. The van der Waals surface area contributed by atoms with Crippen LogP contribution in [-0.2, 0) is 16.5 Å². The summed E-state index contributed by atoms with van der Waals surface area (Å²) >= 11 is 0. The number of carbonyl (C=O) groups excluding carboxylic acids is 2. The van der Waals surface area contributed by atoms with Crippen LogP contribution in [0.15, 0.2) is 106 Å². The maximum Gasteiger partial charge on any atom is 1.00 e. The molecular weight excluding hydrogens is 785 g/mol. The molecule has 4 aromatic heterocycles. The van der Waals surface area contributed by atoms with Gasteiger partial charge in [0.1, 0.15) is 11.4 Å². The predicted octanol–water partition coefficient (Wildman–Crippen LogP) is 2.07. The first kappa shape index (κ1) is 45.0.